The molecule has 0 aromatic heterocycles. The highest BCUT2D eigenvalue weighted by molar-refractivity contribution is 5.96. The van der Waals surface area contributed by atoms with E-state index < -0.39 is 0 Å². The van der Waals surface area contributed by atoms with Crippen LogP contribution in [0.4, 0.5) is 5.69 Å². The molecule has 3 N–H and O–H groups in total. The van der Waals surface area contributed by atoms with Crippen molar-refractivity contribution in [3.8, 4) is 0 Å². The van der Waals surface area contributed by atoms with Crippen LogP contribution in [0.25, 0.3) is 0 Å². The molecule has 2 unspecified atom stereocenters. The standard InChI is InChI=1S/C22H29N5O2/c28-21-18-13-27(25-20(18)23-22(24-21)26-7-9-29-10-8-26)19-6-5-16(15-3-4-15)12-17(19)11-14-1-2-14/h5-6,12-15,20,22-23,25H,1-4,7-11H2,(H,24,28). The first-order valence-electron chi connectivity index (χ1n) is 11.0. The van der Waals surface area contributed by atoms with Crippen molar-refractivity contribution in [2.24, 2.45) is 5.92 Å². The SMILES string of the molecule is O=C1NC(N2CCOCC2)NC2NN(c3ccc(C4CC4)cc3CC3CC3)C=C12. The van der Waals surface area contributed by atoms with Crippen LogP contribution >= 0.6 is 0 Å². The summed E-state index contributed by atoms with van der Waals surface area (Å²) in [5.41, 5.74) is 8.34. The highest BCUT2D eigenvalue weighted by Gasteiger charge is 2.39. The van der Waals surface area contributed by atoms with Crippen LogP contribution in [0, 0.1) is 5.92 Å². The van der Waals surface area contributed by atoms with Crippen LogP contribution in [0.3, 0.4) is 0 Å². The summed E-state index contributed by atoms with van der Waals surface area (Å²) in [5, 5.41) is 8.71. The number of ether oxygens (including phenoxy) is 1. The first kappa shape index (κ1) is 17.9. The zero-order valence-corrected chi connectivity index (χ0v) is 16.7. The van der Waals surface area contributed by atoms with Crippen molar-refractivity contribution in [3.63, 3.8) is 0 Å². The molecule has 2 atom stereocenters. The fraction of sp³-hybridized carbons (Fsp3) is 0.591. The Morgan fingerprint density at radius 2 is 1.93 bits per heavy atom. The number of carbonyl (C=O) groups is 1. The molecule has 29 heavy (non-hydrogen) atoms. The number of anilines is 1. The van der Waals surface area contributed by atoms with Gasteiger partial charge in [-0.15, -0.1) is 0 Å². The fourth-order valence-corrected chi connectivity index (χ4v) is 4.66. The Morgan fingerprint density at radius 1 is 1.10 bits per heavy atom. The van der Waals surface area contributed by atoms with Gasteiger partial charge in [0.25, 0.3) is 5.91 Å². The van der Waals surface area contributed by atoms with E-state index in [2.05, 4.69) is 44.2 Å². The third-order valence-electron chi connectivity index (χ3n) is 6.73. The molecule has 1 aromatic carbocycles. The lowest BCUT2D eigenvalue weighted by atomic mass is 10.0. The molecule has 1 aromatic rings. The molecule has 2 saturated carbocycles. The molecule has 4 fully saturated rings. The van der Waals surface area contributed by atoms with Crippen molar-refractivity contribution in [2.75, 3.05) is 31.3 Å². The predicted molar refractivity (Wildman–Crippen MR) is 110 cm³/mol. The van der Waals surface area contributed by atoms with Crippen molar-refractivity contribution in [1.29, 1.82) is 0 Å². The summed E-state index contributed by atoms with van der Waals surface area (Å²) in [4.78, 5) is 15.0. The Labute approximate surface area is 171 Å². The average Bonchev–Trinajstić information content (AvgIpc) is 3.67. The number of rotatable bonds is 5. The first-order chi connectivity index (χ1) is 14.2. The molecule has 7 heteroatoms. The van der Waals surface area contributed by atoms with E-state index in [1.54, 1.807) is 0 Å². The highest BCUT2D eigenvalue weighted by atomic mass is 16.5. The number of nitrogens with zero attached hydrogens (tertiary/aromatic N) is 2. The largest absolute Gasteiger partial charge is 0.379 e. The smallest absolute Gasteiger partial charge is 0.254 e. The molecule has 6 rings (SSSR count). The maximum Gasteiger partial charge on any atom is 0.254 e. The third-order valence-corrected chi connectivity index (χ3v) is 6.73. The summed E-state index contributed by atoms with van der Waals surface area (Å²) in [5.74, 6) is 1.59. The van der Waals surface area contributed by atoms with Gasteiger partial charge in [-0.3, -0.25) is 20.0 Å². The first-order valence-corrected chi connectivity index (χ1v) is 11.0. The summed E-state index contributed by atoms with van der Waals surface area (Å²) >= 11 is 0. The summed E-state index contributed by atoms with van der Waals surface area (Å²) in [6.07, 6.45) is 8.10. The topological polar surface area (TPSA) is 68.9 Å². The van der Waals surface area contributed by atoms with Crippen molar-refractivity contribution in [3.05, 3.63) is 41.1 Å². The number of hydrazine groups is 1. The number of carbonyl (C=O) groups excluding carboxylic acids is 1. The van der Waals surface area contributed by atoms with Gasteiger partial charge < -0.3 is 10.1 Å². The van der Waals surface area contributed by atoms with Crippen LogP contribution < -0.4 is 21.1 Å². The highest BCUT2D eigenvalue weighted by Crippen LogP contribution is 2.43. The Bertz CT molecular complexity index is 842. The molecule has 154 valence electrons. The molecular formula is C22H29N5O2. The molecule has 2 aliphatic carbocycles. The Kier molecular flexibility index (Phi) is 4.37. The molecule has 5 aliphatic rings. The second-order valence-electron chi connectivity index (χ2n) is 9.02. The average molecular weight is 396 g/mol. The van der Waals surface area contributed by atoms with Crippen molar-refractivity contribution in [1.82, 2.24) is 21.0 Å². The van der Waals surface area contributed by atoms with E-state index in [1.807, 2.05) is 6.20 Å². The molecule has 1 amide bonds. The van der Waals surface area contributed by atoms with Gasteiger partial charge in [-0.2, -0.15) is 0 Å². The predicted octanol–water partition coefficient (Wildman–Crippen LogP) is 1.39. The molecule has 0 radical (unpaired) electrons. The van der Waals surface area contributed by atoms with Crippen LogP contribution in [0.2, 0.25) is 0 Å². The van der Waals surface area contributed by atoms with Gasteiger partial charge in [0.1, 0.15) is 12.5 Å². The summed E-state index contributed by atoms with van der Waals surface area (Å²) in [6.45, 7) is 3.06. The van der Waals surface area contributed by atoms with Crippen LogP contribution in [0.1, 0.15) is 42.7 Å². The maximum atomic E-state index is 12.8. The van der Waals surface area contributed by atoms with Gasteiger partial charge in [0, 0.05) is 19.3 Å². The second kappa shape index (κ2) is 7.09. The molecule has 7 nitrogen and oxygen atoms in total. The summed E-state index contributed by atoms with van der Waals surface area (Å²) < 4.78 is 5.44. The van der Waals surface area contributed by atoms with Crippen LogP contribution in [-0.2, 0) is 16.0 Å². The van der Waals surface area contributed by atoms with E-state index in [0.717, 1.165) is 36.9 Å². The summed E-state index contributed by atoms with van der Waals surface area (Å²) in [7, 11) is 0. The number of hydrogen-bond donors (Lipinski definition) is 3. The van der Waals surface area contributed by atoms with Gasteiger partial charge in [-0.25, -0.2) is 5.43 Å². The lowest BCUT2D eigenvalue weighted by molar-refractivity contribution is -0.123. The van der Waals surface area contributed by atoms with Crippen molar-refractivity contribution >= 4 is 11.6 Å². The third kappa shape index (κ3) is 3.57. The molecule has 0 bridgehead atoms. The minimum absolute atomic E-state index is 0.00131. The molecule has 3 heterocycles. The lowest BCUT2D eigenvalue weighted by Gasteiger charge is -2.40. The quantitative estimate of drug-likeness (QED) is 0.700. The molecular weight excluding hydrogens is 366 g/mol. The number of morpholine rings is 1. The number of amides is 1. The van der Waals surface area contributed by atoms with Gasteiger partial charge in [-0.05, 0) is 61.1 Å². The minimum atomic E-state index is -0.173. The normalized spacial score (nSPS) is 30.1. The Morgan fingerprint density at radius 3 is 2.69 bits per heavy atom. The van der Waals surface area contributed by atoms with Gasteiger partial charge in [-0.1, -0.05) is 12.1 Å². The van der Waals surface area contributed by atoms with Crippen LogP contribution in [0.5, 0.6) is 0 Å². The Hall–Kier alpha value is -1.93. The minimum Gasteiger partial charge on any atom is -0.379 e. The monoisotopic (exact) mass is 395 g/mol. The van der Waals surface area contributed by atoms with Crippen molar-refractivity contribution < 1.29 is 9.53 Å². The molecule has 0 spiro atoms. The number of benzene rings is 1. The fourth-order valence-electron chi connectivity index (χ4n) is 4.66. The maximum absolute atomic E-state index is 12.8. The van der Waals surface area contributed by atoms with Gasteiger partial charge >= 0.3 is 0 Å². The van der Waals surface area contributed by atoms with Crippen molar-refractivity contribution in [2.45, 2.75) is 50.5 Å². The summed E-state index contributed by atoms with van der Waals surface area (Å²) in [6, 6.07) is 6.93. The van der Waals surface area contributed by atoms with Crippen LogP contribution in [0.15, 0.2) is 30.0 Å². The Balaban J connectivity index is 1.23. The van der Waals surface area contributed by atoms with Gasteiger partial charge in [0.15, 0.2) is 0 Å². The van der Waals surface area contributed by atoms with Gasteiger partial charge in [0.05, 0.1) is 24.5 Å². The van der Waals surface area contributed by atoms with Crippen LogP contribution in [-0.4, -0.2) is 49.6 Å². The molecule has 2 saturated heterocycles. The van der Waals surface area contributed by atoms with E-state index in [4.69, 9.17) is 4.74 Å². The van der Waals surface area contributed by atoms with E-state index in [1.165, 1.54) is 42.5 Å². The van der Waals surface area contributed by atoms with E-state index in [9.17, 15) is 4.79 Å². The zero-order chi connectivity index (χ0) is 19.4. The number of nitrogens with one attached hydrogen (secondary N) is 3. The second-order valence-corrected chi connectivity index (χ2v) is 9.02. The zero-order valence-electron chi connectivity index (χ0n) is 16.7. The van der Waals surface area contributed by atoms with Gasteiger partial charge in [0.2, 0.25) is 0 Å². The number of fused-ring (bicyclic) bond motifs is 1. The van der Waals surface area contributed by atoms with E-state index in [0.29, 0.717) is 13.2 Å². The lowest BCUT2D eigenvalue weighted by Crippen LogP contribution is -2.68. The molecule has 3 aliphatic heterocycles. The van der Waals surface area contributed by atoms with E-state index in [-0.39, 0.29) is 18.4 Å². The van der Waals surface area contributed by atoms with E-state index >= 15 is 0 Å². The number of hydrogen-bond acceptors (Lipinski definition) is 6.